The van der Waals surface area contributed by atoms with Crippen LogP contribution < -0.4 is 10.1 Å². The summed E-state index contributed by atoms with van der Waals surface area (Å²) in [5.41, 5.74) is 1.60. The molecule has 0 bridgehead atoms. The van der Waals surface area contributed by atoms with Gasteiger partial charge in [0, 0.05) is 14.0 Å². The average molecular weight is 307 g/mol. The summed E-state index contributed by atoms with van der Waals surface area (Å²) in [7, 11) is 0. The van der Waals surface area contributed by atoms with Crippen LogP contribution in [0, 0.1) is 0 Å². The van der Waals surface area contributed by atoms with Crippen LogP contribution in [-0.2, 0) is 25.5 Å². The maximum absolute atomic E-state index is 11.9. The maximum atomic E-state index is 11.9. The quantitative estimate of drug-likeness (QED) is 0.376. The van der Waals surface area contributed by atoms with E-state index in [1.54, 1.807) is 13.8 Å². The van der Waals surface area contributed by atoms with E-state index in [-0.39, 0.29) is 20.2 Å². The first-order valence-corrected chi connectivity index (χ1v) is 7.23. The van der Waals surface area contributed by atoms with Gasteiger partial charge in [0.05, 0.1) is 25.5 Å². The molecule has 0 amide bonds. The normalized spacial score (nSPS) is 11.9. The van der Waals surface area contributed by atoms with Gasteiger partial charge in [-0.2, -0.15) is 0 Å². The second-order valence-corrected chi connectivity index (χ2v) is 4.54. The second-order valence-electron chi connectivity index (χ2n) is 4.54. The Hall–Kier alpha value is -2.50. The van der Waals surface area contributed by atoms with E-state index in [2.05, 4.69) is 5.32 Å². The number of carbonyl (C=O) groups is 2. The molecule has 0 radical (unpaired) electrons. The average Bonchev–Trinajstić information content (AvgIpc) is 2.97. The minimum atomic E-state index is -0.720. The minimum absolute atomic E-state index is 0. The van der Waals surface area contributed by atoms with Crippen LogP contribution in [0.5, 0.6) is 5.75 Å². The number of rotatable bonds is 6. The molecule has 0 saturated heterocycles. The van der Waals surface area contributed by atoms with Crippen LogP contribution in [0.1, 0.15) is 20.8 Å². The summed E-state index contributed by atoms with van der Waals surface area (Å²) in [6, 6.07) is 5.68. The number of fused-ring (bicyclic) bond motifs is 1. The highest BCUT2D eigenvalue weighted by Gasteiger charge is 2.22. The molecule has 6 nitrogen and oxygen atoms in total. The lowest BCUT2D eigenvalue weighted by atomic mass is 10.1. The number of esters is 2. The van der Waals surface area contributed by atoms with E-state index in [0.717, 1.165) is 17.7 Å². The highest BCUT2D eigenvalue weighted by Crippen LogP contribution is 2.33. The Morgan fingerprint density at radius 1 is 1.27 bits per heavy atom. The zero-order valence-corrected chi connectivity index (χ0v) is 12.7. The van der Waals surface area contributed by atoms with Crippen molar-refractivity contribution < 1.29 is 25.2 Å². The number of benzene rings is 1. The monoisotopic (exact) mass is 307 g/mol. The maximum Gasteiger partial charge on any atom is 0.347 e. The molecule has 0 fully saturated rings. The smallest absolute Gasteiger partial charge is 0.347 e. The summed E-state index contributed by atoms with van der Waals surface area (Å²) in [6.45, 7) is 4.33. The zero-order chi connectivity index (χ0) is 15.9. The molecule has 0 atom stereocenters. The lowest BCUT2D eigenvalue weighted by Crippen LogP contribution is -2.19. The Balaban J connectivity index is 0.00000264. The first-order valence-electron chi connectivity index (χ1n) is 7.23. The molecule has 120 valence electrons. The summed E-state index contributed by atoms with van der Waals surface area (Å²) in [4.78, 5) is 23.7. The fraction of sp³-hybridized carbons (Fsp3) is 0.375. The van der Waals surface area contributed by atoms with Crippen LogP contribution in [0.3, 0.4) is 0 Å². The number of hydrogen-bond acceptors (Lipinski definition) is 6. The van der Waals surface area contributed by atoms with E-state index in [4.69, 9.17) is 14.2 Å². The fourth-order valence-corrected chi connectivity index (χ4v) is 2.10. The number of anilines is 1. The standard InChI is InChI=1S/C16H19NO5.H2/c1-3-20-15(18)12(16(19)21-4-2)10-17-13-7-5-6-11-8-9-22-14(11)13;/h5-7,10,17H,3-4,8-9H2,1-2H3;1H. The van der Waals surface area contributed by atoms with Gasteiger partial charge >= 0.3 is 11.9 Å². The van der Waals surface area contributed by atoms with Crippen molar-refractivity contribution in [2.75, 3.05) is 25.1 Å². The molecular weight excluding hydrogens is 286 g/mol. The van der Waals surface area contributed by atoms with Crippen LogP contribution in [-0.4, -0.2) is 31.8 Å². The highest BCUT2D eigenvalue weighted by atomic mass is 16.6. The van der Waals surface area contributed by atoms with Crippen molar-refractivity contribution in [3.05, 3.63) is 35.5 Å². The van der Waals surface area contributed by atoms with Gasteiger partial charge in [-0.25, -0.2) is 9.59 Å². The Labute approximate surface area is 130 Å². The lowest BCUT2D eigenvalue weighted by molar-refractivity contribution is -0.146. The summed E-state index contributed by atoms with van der Waals surface area (Å²) >= 11 is 0. The van der Waals surface area contributed by atoms with E-state index in [0.29, 0.717) is 12.3 Å². The Morgan fingerprint density at radius 2 is 1.95 bits per heavy atom. The first kappa shape index (κ1) is 15.9. The third-order valence-electron chi connectivity index (χ3n) is 3.08. The molecule has 22 heavy (non-hydrogen) atoms. The van der Waals surface area contributed by atoms with Gasteiger partial charge in [-0.15, -0.1) is 0 Å². The van der Waals surface area contributed by atoms with Crippen molar-refractivity contribution in [2.45, 2.75) is 20.3 Å². The lowest BCUT2D eigenvalue weighted by Gasteiger charge is -2.10. The molecule has 0 spiro atoms. The van der Waals surface area contributed by atoms with Gasteiger partial charge in [-0.1, -0.05) is 12.1 Å². The molecule has 1 aromatic rings. The van der Waals surface area contributed by atoms with Crippen LogP contribution in [0.25, 0.3) is 0 Å². The van der Waals surface area contributed by atoms with Gasteiger partial charge in [-0.05, 0) is 25.5 Å². The largest absolute Gasteiger partial charge is 0.491 e. The topological polar surface area (TPSA) is 73.9 Å². The van der Waals surface area contributed by atoms with E-state index < -0.39 is 11.9 Å². The van der Waals surface area contributed by atoms with Crippen molar-refractivity contribution in [2.24, 2.45) is 0 Å². The van der Waals surface area contributed by atoms with E-state index >= 15 is 0 Å². The van der Waals surface area contributed by atoms with Gasteiger partial charge in [0.15, 0.2) is 5.57 Å². The molecule has 1 heterocycles. The number of nitrogens with one attached hydrogen (secondary N) is 1. The summed E-state index contributed by atoms with van der Waals surface area (Å²) in [5, 5.41) is 2.94. The Kier molecular flexibility index (Phi) is 5.41. The van der Waals surface area contributed by atoms with Crippen molar-refractivity contribution in [3.8, 4) is 5.75 Å². The Bertz CT molecular complexity index is 580. The van der Waals surface area contributed by atoms with Crippen LogP contribution >= 0.6 is 0 Å². The summed E-state index contributed by atoms with van der Waals surface area (Å²) < 4.78 is 15.3. The molecule has 0 saturated carbocycles. The van der Waals surface area contributed by atoms with E-state index in [1.165, 1.54) is 6.20 Å². The summed E-state index contributed by atoms with van der Waals surface area (Å²) in [6.07, 6.45) is 2.14. The van der Waals surface area contributed by atoms with Crippen molar-refractivity contribution in [3.63, 3.8) is 0 Å². The molecule has 0 unspecified atom stereocenters. The molecule has 0 aliphatic carbocycles. The molecule has 1 aliphatic heterocycles. The van der Waals surface area contributed by atoms with E-state index in [9.17, 15) is 9.59 Å². The number of ether oxygens (including phenoxy) is 3. The van der Waals surface area contributed by atoms with Crippen LogP contribution in [0.2, 0.25) is 0 Å². The zero-order valence-electron chi connectivity index (χ0n) is 12.7. The SMILES string of the molecule is CCOC(=O)C(=CNc1cccc2c1OCC2)C(=O)OCC.[HH]. The molecule has 1 aliphatic rings. The predicted molar refractivity (Wildman–Crippen MR) is 82.7 cm³/mol. The number of carbonyl (C=O) groups excluding carboxylic acids is 2. The van der Waals surface area contributed by atoms with Crippen LogP contribution in [0.4, 0.5) is 5.69 Å². The van der Waals surface area contributed by atoms with Crippen molar-refractivity contribution in [1.82, 2.24) is 0 Å². The molecule has 0 aromatic heterocycles. The predicted octanol–water partition coefficient (Wildman–Crippen LogP) is 2.29. The van der Waals surface area contributed by atoms with Gasteiger partial charge < -0.3 is 19.5 Å². The van der Waals surface area contributed by atoms with Crippen molar-refractivity contribution >= 4 is 17.6 Å². The van der Waals surface area contributed by atoms with Crippen molar-refractivity contribution in [1.29, 1.82) is 0 Å². The fourth-order valence-electron chi connectivity index (χ4n) is 2.10. The van der Waals surface area contributed by atoms with Crippen LogP contribution in [0.15, 0.2) is 30.0 Å². The highest BCUT2D eigenvalue weighted by molar-refractivity contribution is 6.14. The first-order chi connectivity index (χ1) is 10.7. The third-order valence-corrected chi connectivity index (χ3v) is 3.08. The van der Waals surface area contributed by atoms with Gasteiger partial charge in [-0.3, -0.25) is 0 Å². The van der Waals surface area contributed by atoms with Gasteiger partial charge in [0.1, 0.15) is 5.75 Å². The minimum Gasteiger partial charge on any atom is -0.491 e. The third kappa shape index (κ3) is 3.58. The number of hydrogen-bond donors (Lipinski definition) is 1. The summed E-state index contributed by atoms with van der Waals surface area (Å²) in [5.74, 6) is -0.699. The van der Waals surface area contributed by atoms with Gasteiger partial charge in [0.2, 0.25) is 0 Å². The molecule has 2 rings (SSSR count). The number of para-hydroxylation sites is 1. The molecule has 1 aromatic carbocycles. The Morgan fingerprint density at radius 3 is 2.59 bits per heavy atom. The van der Waals surface area contributed by atoms with Gasteiger partial charge in [0.25, 0.3) is 0 Å². The van der Waals surface area contributed by atoms with E-state index in [1.807, 2.05) is 18.2 Å². The second kappa shape index (κ2) is 7.49. The molecule has 6 heteroatoms. The molecular formula is C16H21NO5. The molecule has 1 N–H and O–H groups in total.